The van der Waals surface area contributed by atoms with Crippen LogP contribution in [0.3, 0.4) is 0 Å². The molecule has 0 bridgehead atoms. The van der Waals surface area contributed by atoms with E-state index >= 15 is 0 Å². The zero-order chi connectivity index (χ0) is 15.3. The molecular formula is C15H25N3O2S. The monoisotopic (exact) mass is 311 g/mol. The summed E-state index contributed by atoms with van der Waals surface area (Å²) < 4.78 is 26.4. The maximum absolute atomic E-state index is 12.0. The fourth-order valence-electron chi connectivity index (χ4n) is 2.81. The van der Waals surface area contributed by atoms with Crippen LogP contribution in [-0.2, 0) is 10.0 Å². The summed E-state index contributed by atoms with van der Waals surface area (Å²) >= 11 is 0. The van der Waals surface area contributed by atoms with Crippen molar-refractivity contribution in [3.8, 4) is 0 Å². The third-order valence-corrected chi connectivity index (χ3v) is 5.37. The molecule has 6 heteroatoms. The smallest absolute Gasteiger partial charge is 0.242 e. The van der Waals surface area contributed by atoms with Crippen molar-refractivity contribution >= 4 is 15.7 Å². The lowest BCUT2D eigenvalue weighted by molar-refractivity contribution is 0.371. The highest BCUT2D eigenvalue weighted by molar-refractivity contribution is 7.89. The van der Waals surface area contributed by atoms with Gasteiger partial charge in [0.2, 0.25) is 10.0 Å². The molecule has 0 radical (unpaired) electrons. The Hall–Kier alpha value is -1.11. The first kappa shape index (κ1) is 16.3. The maximum Gasteiger partial charge on any atom is 0.242 e. The van der Waals surface area contributed by atoms with Gasteiger partial charge in [-0.25, -0.2) is 13.1 Å². The summed E-state index contributed by atoms with van der Waals surface area (Å²) in [6.07, 6.45) is 4.72. The minimum Gasteiger partial charge on any atom is -0.381 e. The fourth-order valence-corrected chi connectivity index (χ4v) is 3.70. The molecule has 0 amide bonds. The van der Waals surface area contributed by atoms with Gasteiger partial charge < -0.3 is 10.6 Å². The predicted octanol–water partition coefficient (Wildman–Crippen LogP) is 1.93. The van der Waals surface area contributed by atoms with E-state index in [2.05, 4.69) is 22.3 Å². The van der Waals surface area contributed by atoms with Crippen molar-refractivity contribution in [2.75, 3.05) is 18.9 Å². The van der Waals surface area contributed by atoms with Crippen molar-refractivity contribution in [1.29, 1.82) is 0 Å². The molecule has 3 N–H and O–H groups in total. The van der Waals surface area contributed by atoms with E-state index in [4.69, 9.17) is 0 Å². The maximum atomic E-state index is 12.0. The molecule has 0 aliphatic carbocycles. The first-order valence-corrected chi connectivity index (χ1v) is 9.04. The van der Waals surface area contributed by atoms with E-state index < -0.39 is 10.0 Å². The third-order valence-electron chi connectivity index (χ3n) is 3.90. The number of para-hydroxylation sites is 1. The number of hydrogen-bond acceptors (Lipinski definition) is 4. The fraction of sp³-hybridized carbons (Fsp3) is 0.600. The number of piperidine rings is 1. The Morgan fingerprint density at radius 3 is 2.76 bits per heavy atom. The topological polar surface area (TPSA) is 70.2 Å². The molecule has 5 nitrogen and oxygen atoms in total. The van der Waals surface area contributed by atoms with Crippen LogP contribution < -0.4 is 15.4 Å². The molecule has 1 heterocycles. The highest BCUT2D eigenvalue weighted by atomic mass is 32.2. The summed E-state index contributed by atoms with van der Waals surface area (Å²) in [5.74, 6) is 0. The van der Waals surface area contributed by atoms with Gasteiger partial charge >= 0.3 is 0 Å². The van der Waals surface area contributed by atoms with Crippen LogP contribution in [-0.4, -0.2) is 34.1 Å². The van der Waals surface area contributed by atoms with Crippen molar-refractivity contribution in [3.05, 3.63) is 24.3 Å². The Bertz CT molecular complexity index is 554. The van der Waals surface area contributed by atoms with Crippen LogP contribution in [0.1, 0.15) is 32.6 Å². The molecule has 118 valence electrons. The number of hydrogen-bond donors (Lipinski definition) is 3. The highest BCUT2D eigenvalue weighted by Gasteiger charge is 2.19. The third kappa shape index (κ3) is 4.43. The first-order chi connectivity index (χ1) is 10.0. The van der Waals surface area contributed by atoms with Gasteiger partial charge in [0.25, 0.3) is 0 Å². The molecule has 1 aromatic carbocycles. The van der Waals surface area contributed by atoms with Crippen LogP contribution >= 0.6 is 0 Å². The molecule has 1 aliphatic heterocycles. The van der Waals surface area contributed by atoms with Gasteiger partial charge in [0.1, 0.15) is 4.90 Å². The molecule has 1 fully saturated rings. The van der Waals surface area contributed by atoms with E-state index in [0.29, 0.717) is 16.6 Å². The van der Waals surface area contributed by atoms with Crippen LogP contribution in [0.25, 0.3) is 0 Å². The van der Waals surface area contributed by atoms with E-state index in [1.54, 1.807) is 12.1 Å². The molecule has 2 atom stereocenters. The Morgan fingerprint density at radius 1 is 1.33 bits per heavy atom. The minimum atomic E-state index is -3.44. The van der Waals surface area contributed by atoms with E-state index in [1.807, 2.05) is 12.1 Å². The number of rotatable bonds is 6. The second-order valence-electron chi connectivity index (χ2n) is 5.63. The average molecular weight is 311 g/mol. The lowest BCUT2D eigenvalue weighted by atomic mass is 9.99. The van der Waals surface area contributed by atoms with Crippen molar-refractivity contribution in [1.82, 2.24) is 10.0 Å². The van der Waals surface area contributed by atoms with Gasteiger partial charge in [-0.1, -0.05) is 18.6 Å². The van der Waals surface area contributed by atoms with E-state index in [0.717, 1.165) is 13.0 Å². The highest BCUT2D eigenvalue weighted by Crippen LogP contribution is 2.22. The largest absolute Gasteiger partial charge is 0.381 e. The molecule has 1 saturated heterocycles. The van der Waals surface area contributed by atoms with Crippen LogP contribution in [0.4, 0.5) is 5.69 Å². The van der Waals surface area contributed by atoms with Gasteiger partial charge in [-0.05, 0) is 51.9 Å². The molecule has 1 aromatic rings. The van der Waals surface area contributed by atoms with E-state index in [1.165, 1.54) is 26.3 Å². The molecule has 2 unspecified atom stereocenters. The minimum absolute atomic E-state index is 0.216. The van der Waals surface area contributed by atoms with Crippen LogP contribution in [0.15, 0.2) is 29.2 Å². The summed E-state index contributed by atoms with van der Waals surface area (Å²) in [7, 11) is -2.00. The molecule has 0 aromatic heterocycles. The molecule has 1 aliphatic rings. The summed E-state index contributed by atoms with van der Waals surface area (Å²) in [6, 6.07) is 7.77. The van der Waals surface area contributed by atoms with Gasteiger partial charge in [0.15, 0.2) is 0 Å². The summed E-state index contributed by atoms with van der Waals surface area (Å²) in [6.45, 7) is 3.18. The van der Waals surface area contributed by atoms with Crippen molar-refractivity contribution in [2.45, 2.75) is 49.6 Å². The summed E-state index contributed by atoms with van der Waals surface area (Å²) in [4.78, 5) is 0.302. The normalized spacial score (nSPS) is 21.0. The first-order valence-electron chi connectivity index (χ1n) is 7.55. The number of anilines is 1. The van der Waals surface area contributed by atoms with Crippen molar-refractivity contribution in [3.63, 3.8) is 0 Å². The molecule has 2 rings (SSSR count). The zero-order valence-corrected chi connectivity index (χ0v) is 13.5. The summed E-state index contributed by atoms with van der Waals surface area (Å²) in [5.41, 5.74) is 0.662. The standard InChI is InChI=1S/C15H25N3O2S/c1-12(11-13-7-5-6-10-17-13)18-14-8-3-4-9-15(14)21(19,20)16-2/h3-4,8-9,12-13,16-18H,5-7,10-11H2,1-2H3. The SMILES string of the molecule is CNS(=O)(=O)c1ccccc1NC(C)CC1CCCCN1. The Morgan fingerprint density at radius 2 is 2.10 bits per heavy atom. The summed E-state index contributed by atoms with van der Waals surface area (Å²) in [5, 5.41) is 6.86. The lowest BCUT2D eigenvalue weighted by Crippen LogP contribution is -2.37. The second-order valence-corrected chi connectivity index (χ2v) is 7.49. The van der Waals surface area contributed by atoms with Crippen LogP contribution in [0, 0.1) is 0 Å². The van der Waals surface area contributed by atoms with Crippen LogP contribution in [0.5, 0.6) is 0 Å². The predicted molar refractivity (Wildman–Crippen MR) is 86.0 cm³/mol. The van der Waals surface area contributed by atoms with Gasteiger partial charge in [-0.2, -0.15) is 0 Å². The van der Waals surface area contributed by atoms with Crippen LogP contribution in [0.2, 0.25) is 0 Å². The zero-order valence-electron chi connectivity index (χ0n) is 12.7. The molecule has 0 spiro atoms. The lowest BCUT2D eigenvalue weighted by Gasteiger charge is -2.27. The number of benzene rings is 1. The quantitative estimate of drug-likeness (QED) is 0.751. The average Bonchev–Trinajstić information content (AvgIpc) is 2.48. The number of nitrogens with one attached hydrogen (secondary N) is 3. The molecule has 0 saturated carbocycles. The van der Waals surface area contributed by atoms with Gasteiger partial charge in [0, 0.05) is 12.1 Å². The molecule has 21 heavy (non-hydrogen) atoms. The Labute approximate surface area is 127 Å². The Balaban J connectivity index is 2.05. The number of sulfonamides is 1. The van der Waals surface area contributed by atoms with Crippen molar-refractivity contribution < 1.29 is 8.42 Å². The second kappa shape index (κ2) is 7.24. The van der Waals surface area contributed by atoms with Gasteiger partial charge in [-0.3, -0.25) is 0 Å². The van der Waals surface area contributed by atoms with E-state index in [9.17, 15) is 8.42 Å². The molecular weight excluding hydrogens is 286 g/mol. The van der Waals surface area contributed by atoms with Gasteiger partial charge in [-0.15, -0.1) is 0 Å². The van der Waals surface area contributed by atoms with E-state index in [-0.39, 0.29) is 6.04 Å². The Kier molecular flexibility index (Phi) is 5.61. The van der Waals surface area contributed by atoms with Gasteiger partial charge in [0.05, 0.1) is 5.69 Å². The van der Waals surface area contributed by atoms with Crippen molar-refractivity contribution in [2.24, 2.45) is 0 Å².